The number of hydrogen-bond acceptors (Lipinski definition) is 13. The molecule has 14 heteroatoms. The molecule has 0 aromatic carbocycles. The third kappa shape index (κ3) is 39.7. The molecule has 0 saturated heterocycles. The van der Waals surface area contributed by atoms with Gasteiger partial charge in [-0.15, -0.1) is 0 Å². The van der Waals surface area contributed by atoms with Crippen LogP contribution in [0.25, 0.3) is 0 Å². The van der Waals surface area contributed by atoms with Gasteiger partial charge < -0.3 is 60.9 Å². The molecule has 442 valence electrons. The third-order valence-electron chi connectivity index (χ3n) is 15.5. The quantitative estimate of drug-likeness (QED) is 0.0200. The summed E-state index contributed by atoms with van der Waals surface area (Å²) in [6, 6.07) is 0. The first kappa shape index (κ1) is 72.8. The van der Waals surface area contributed by atoms with Crippen LogP contribution in [0.5, 0.6) is 0 Å². The van der Waals surface area contributed by atoms with E-state index in [1.54, 1.807) is 0 Å². The number of allylic oxidation sites excluding steroid dienone is 6. The van der Waals surface area contributed by atoms with Gasteiger partial charge in [-0.25, -0.2) is 0 Å². The maximum Gasteiger partial charge on any atom is 0.308 e. The van der Waals surface area contributed by atoms with E-state index in [-0.39, 0.29) is 6.42 Å². The summed E-state index contributed by atoms with van der Waals surface area (Å²) in [5.41, 5.74) is -5.82. The van der Waals surface area contributed by atoms with Gasteiger partial charge in [0.15, 0.2) is 0 Å². The number of aliphatic hydroxyl groups excluding tert-OH is 1. The van der Waals surface area contributed by atoms with E-state index < -0.39 is 87.9 Å². The maximum atomic E-state index is 12.0. The van der Waals surface area contributed by atoms with Gasteiger partial charge in [0.05, 0.1) is 63.3 Å². The van der Waals surface area contributed by atoms with Crippen LogP contribution in [0.2, 0.25) is 0 Å². The van der Waals surface area contributed by atoms with E-state index >= 15 is 0 Å². The minimum Gasteiger partial charge on any atom is -0.481 e. The minimum atomic E-state index is -1.78. The second-order valence-corrected chi connectivity index (χ2v) is 26.3. The predicted molar refractivity (Wildman–Crippen MR) is 301 cm³/mol. The maximum absolute atomic E-state index is 12.0. The summed E-state index contributed by atoms with van der Waals surface area (Å²) in [6.45, 7) is 23.2. The van der Waals surface area contributed by atoms with Gasteiger partial charge >= 0.3 is 11.9 Å². The number of rotatable bonds is 44. The van der Waals surface area contributed by atoms with Crippen molar-refractivity contribution in [2.24, 2.45) is 0 Å². The second kappa shape index (κ2) is 33.4. The first-order chi connectivity index (χ1) is 34.1. The summed E-state index contributed by atoms with van der Waals surface area (Å²) in [7, 11) is 0. The number of carbonyl (C=O) groups excluding carboxylic acids is 1. The number of carbonyl (C=O) groups is 2. The fourth-order valence-electron chi connectivity index (χ4n) is 10.0. The number of ether oxygens (including phenoxy) is 1. The minimum absolute atomic E-state index is 0.223. The average molecular weight is 1070 g/mol. The molecule has 0 aliphatic heterocycles. The highest BCUT2D eigenvalue weighted by Crippen LogP contribution is 2.33. The van der Waals surface area contributed by atoms with Gasteiger partial charge in [-0.3, -0.25) is 9.59 Å². The summed E-state index contributed by atoms with van der Waals surface area (Å²) in [5, 5.41) is 117. The molecule has 11 N–H and O–H groups in total. The normalized spacial score (nSPS) is 20.4. The standard InChI is InChI=1S/C61H114O14/c1-47(2)24-15-29-53(5,66)31-18-33-55(7,68)35-20-37-57(9,70)39-22-41-59(11,72)42-23-40-58(10,71)38-21-36-56(8,69)34-19-32-54(6,67)30-16-27-48(3)25-14-26-49(4)28-17-43-61(13,74)50(62)46-75-52(65)45-60(12,73)44-51(63)64/h24-25,28,50,62,66-74H,14-23,26-27,29-46H2,1-13H3,(H,63,64)/b48-25+,49-28+/t50-,53?,54?,55?,56?,57?,58?,59?,60?,61?/m1/s1. The number of aliphatic carboxylic acids is 1. The molecule has 0 bridgehead atoms. The van der Waals surface area contributed by atoms with Gasteiger partial charge in [0.1, 0.15) is 12.7 Å². The van der Waals surface area contributed by atoms with Crippen molar-refractivity contribution < 1.29 is 70.5 Å². The lowest BCUT2D eigenvalue weighted by Gasteiger charge is -2.31. The molecule has 0 rings (SSSR count). The van der Waals surface area contributed by atoms with Gasteiger partial charge in [-0.05, 0) is 263 Å². The van der Waals surface area contributed by atoms with Gasteiger partial charge in [-0.2, -0.15) is 0 Å². The van der Waals surface area contributed by atoms with Crippen molar-refractivity contribution in [1.29, 1.82) is 0 Å². The van der Waals surface area contributed by atoms with Crippen molar-refractivity contribution >= 4 is 11.9 Å². The zero-order chi connectivity index (χ0) is 58.0. The Bertz CT molecular complexity index is 1710. The van der Waals surface area contributed by atoms with E-state index in [2.05, 4.69) is 32.9 Å². The van der Waals surface area contributed by atoms with E-state index in [4.69, 9.17) is 9.84 Å². The fourth-order valence-corrected chi connectivity index (χ4v) is 10.0. The Morgan fingerprint density at radius 3 is 1.05 bits per heavy atom. The average Bonchev–Trinajstić information content (AvgIpc) is 3.20. The van der Waals surface area contributed by atoms with Crippen molar-refractivity contribution in [3.05, 3.63) is 34.9 Å². The largest absolute Gasteiger partial charge is 0.481 e. The highest BCUT2D eigenvalue weighted by atomic mass is 16.5. The van der Waals surface area contributed by atoms with Crippen LogP contribution in [-0.2, 0) is 14.3 Å². The molecule has 10 atom stereocenters. The Kier molecular flexibility index (Phi) is 32.4. The number of hydrogen-bond donors (Lipinski definition) is 11. The molecule has 9 unspecified atom stereocenters. The molecule has 0 spiro atoms. The lowest BCUT2D eigenvalue weighted by Crippen LogP contribution is -2.43. The molecule has 0 amide bonds. The summed E-state index contributed by atoms with van der Waals surface area (Å²) >= 11 is 0. The predicted octanol–water partition coefficient (Wildman–Crippen LogP) is 10.9. The molecular formula is C61H114O14. The van der Waals surface area contributed by atoms with E-state index in [1.807, 2.05) is 61.5 Å². The molecule has 14 nitrogen and oxygen atoms in total. The zero-order valence-corrected chi connectivity index (χ0v) is 49.7. The monoisotopic (exact) mass is 1070 g/mol. The Morgan fingerprint density at radius 2 is 0.707 bits per heavy atom. The Labute approximate surface area is 455 Å². The van der Waals surface area contributed by atoms with E-state index in [0.717, 1.165) is 44.1 Å². The highest BCUT2D eigenvalue weighted by Gasteiger charge is 2.34. The van der Waals surface area contributed by atoms with Crippen LogP contribution >= 0.6 is 0 Å². The molecule has 0 aromatic heterocycles. The third-order valence-corrected chi connectivity index (χ3v) is 15.5. The van der Waals surface area contributed by atoms with Crippen molar-refractivity contribution in [2.75, 3.05) is 6.61 Å². The molecule has 0 aromatic rings. The number of carboxylic acid groups (broad SMARTS) is 1. The molecule has 0 aliphatic rings. The Hall–Kier alpha value is -2.24. The summed E-state index contributed by atoms with van der Waals surface area (Å²) < 4.78 is 4.99. The zero-order valence-electron chi connectivity index (χ0n) is 49.7. The van der Waals surface area contributed by atoms with Crippen molar-refractivity contribution in [3.63, 3.8) is 0 Å². The molecule has 0 saturated carbocycles. The van der Waals surface area contributed by atoms with E-state index in [1.165, 1.54) is 25.0 Å². The van der Waals surface area contributed by atoms with Crippen molar-refractivity contribution in [2.45, 2.75) is 333 Å². The summed E-state index contributed by atoms with van der Waals surface area (Å²) in [4.78, 5) is 22.9. The lowest BCUT2D eigenvalue weighted by atomic mass is 9.83. The molecule has 0 heterocycles. The van der Waals surface area contributed by atoms with Crippen LogP contribution in [0.1, 0.15) is 276 Å². The van der Waals surface area contributed by atoms with Crippen LogP contribution < -0.4 is 0 Å². The van der Waals surface area contributed by atoms with Crippen LogP contribution in [0, 0.1) is 0 Å². The van der Waals surface area contributed by atoms with Crippen molar-refractivity contribution in [3.8, 4) is 0 Å². The van der Waals surface area contributed by atoms with Gasteiger partial charge in [-0.1, -0.05) is 34.9 Å². The summed E-state index contributed by atoms with van der Waals surface area (Å²) in [6.07, 6.45) is 20.8. The Morgan fingerprint density at radius 1 is 0.400 bits per heavy atom. The smallest absolute Gasteiger partial charge is 0.308 e. The fraction of sp³-hybridized carbons (Fsp3) is 0.869. The van der Waals surface area contributed by atoms with Gasteiger partial charge in [0.25, 0.3) is 0 Å². The highest BCUT2D eigenvalue weighted by molar-refractivity contribution is 5.73. The molecular weight excluding hydrogens is 957 g/mol. The van der Waals surface area contributed by atoms with Crippen LogP contribution in [-0.4, -0.2) is 131 Å². The topological polar surface area (TPSA) is 266 Å². The van der Waals surface area contributed by atoms with Crippen LogP contribution in [0.15, 0.2) is 34.9 Å². The first-order valence-electron chi connectivity index (χ1n) is 28.6. The summed E-state index contributed by atoms with van der Waals surface area (Å²) in [5.74, 6) is -2.13. The van der Waals surface area contributed by atoms with Crippen LogP contribution in [0.3, 0.4) is 0 Å². The molecule has 0 fully saturated rings. The van der Waals surface area contributed by atoms with Gasteiger partial charge in [0.2, 0.25) is 0 Å². The SMILES string of the molecule is CC(C)=CCCC(C)(O)CCCC(C)(O)CCCC(C)(O)CCCC(C)(O)CCCC(C)(O)CCCC(C)(O)CCCC(C)(O)CCC/C(C)=C/CC/C(C)=C/CCC(C)(O)[C@H](O)COC(=O)CC(C)(O)CC(=O)O. The molecule has 0 aliphatic carbocycles. The number of esters is 1. The molecule has 75 heavy (non-hydrogen) atoms. The Balaban J connectivity index is 4.49. The first-order valence-corrected chi connectivity index (χ1v) is 28.6. The van der Waals surface area contributed by atoms with Crippen molar-refractivity contribution in [1.82, 2.24) is 0 Å². The lowest BCUT2D eigenvalue weighted by molar-refractivity contribution is -0.159. The van der Waals surface area contributed by atoms with E-state index in [0.29, 0.717) is 128 Å². The van der Waals surface area contributed by atoms with E-state index in [9.17, 15) is 60.7 Å². The second-order valence-electron chi connectivity index (χ2n) is 26.3. The van der Waals surface area contributed by atoms with Crippen LogP contribution in [0.4, 0.5) is 0 Å². The van der Waals surface area contributed by atoms with Gasteiger partial charge in [0, 0.05) is 0 Å². The number of carboxylic acids is 1. The number of aliphatic hydroxyl groups is 10. The molecule has 0 radical (unpaired) electrons.